The zero-order valence-electron chi connectivity index (χ0n) is 13.8. The molecule has 0 aliphatic rings. The van der Waals surface area contributed by atoms with Gasteiger partial charge >= 0.3 is 0 Å². The summed E-state index contributed by atoms with van der Waals surface area (Å²) in [5, 5.41) is 0. The van der Waals surface area contributed by atoms with Crippen LogP contribution in [0.4, 0.5) is 0 Å². The molecule has 0 aliphatic carbocycles. The molecule has 0 amide bonds. The minimum atomic E-state index is -3.60. The summed E-state index contributed by atoms with van der Waals surface area (Å²) >= 11 is 0. The number of aromatic nitrogens is 2. The van der Waals surface area contributed by atoms with Gasteiger partial charge in [-0.05, 0) is 41.8 Å². The number of benzene rings is 1. The molecule has 2 aromatic heterocycles. The Balaban J connectivity index is 1.88. The molecule has 0 atom stereocenters. The first-order chi connectivity index (χ1) is 12.0. The van der Waals surface area contributed by atoms with Crippen molar-refractivity contribution in [3.63, 3.8) is 0 Å². The first kappa shape index (κ1) is 17.0. The van der Waals surface area contributed by atoms with Gasteiger partial charge in [-0.25, -0.2) is 17.4 Å². The summed E-state index contributed by atoms with van der Waals surface area (Å²) in [6.45, 7) is 3.66. The SMILES string of the molecule is C=CCc1ccn(S(=O)(=O)c2ccc(-c3ccc(OC)nc3)cc2)c1. The fourth-order valence-electron chi connectivity index (χ4n) is 2.47. The highest BCUT2D eigenvalue weighted by Gasteiger charge is 2.16. The maximum atomic E-state index is 12.7. The first-order valence-electron chi connectivity index (χ1n) is 7.68. The standard InChI is InChI=1S/C19H18N2O3S/c1-3-4-15-11-12-21(14-15)25(22,23)18-8-5-16(6-9-18)17-7-10-19(24-2)20-13-17/h3,5-14H,1,4H2,2H3. The van der Waals surface area contributed by atoms with Gasteiger partial charge in [0.05, 0.1) is 12.0 Å². The summed E-state index contributed by atoms with van der Waals surface area (Å²) in [6, 6.07) is 12.2. The summed E-state index contributed by atoms with van der Waals surface area (Å²) in [5.74, 6) is 0.533. The van der Waals surface area contributed by atoms with Gasteiger partial charge in [0.25, 0.3) is 10.0 Å². The van der Waals surface area contributed by atoms with Gasteiger partial charge < -0.3 is 4.74 Å². The second kappa shape index (κ2) is 6.94. The molecule has 0 fully saturated rings. The minimum absolute atomic E-state index is 0.235. The fraction of sp³-hybridized carbons (Fsp3) is 0.105. The summed E-state index contributed by atoms with van der Waals surface area (Å²) in [6.07, 6.45) is 7.22. The zero-order valence-corrected chi connectivity index (χ0v) is 14.6. The van der Waals surface area contributed by atoms with Crippen LogP contribution < -0.4 is 4.74 Å². The lowest BCUT2D eigenvalue weighted by Gasteiger charge is -2.07. The van der Waals surface area contributed by atoms with Crippen LogP contribution in [-0.2, 0) is 16.4 Å². The van der Waals surface area contributed by atoms with Crippen molar-refractivity contribution >= 4 is 10.0 Å². The maximum absolute atomic E-state index is 12.7. The molecule has 6 heteroatoms. The largest absolute Gasteiger partial charge is 0.481 e. The van der Waals surface area contributed by atoms with E-state index < -0.39 is 10.0 Å². The summed E-state index contributed by atoms with van der Waals surface area (Å²) in [7, 11) is -2.04. The minimum Gasteiger partial charge on any atom is -0.481 e. The van der Waals surface area contributed by atoms with Crippen LogP contribution in [0, 0.1) is 0 Å². The average molecular weight is 354 g/mol. The van der Waals surface area contributed by atoms with Gasteiger partial charge in [0.2, 0.25) is 5.88 Å². The molecular formula is C19H18N2O3S. The number of allylic oxidation sites excluding steroid dienone is 1. The zero-order chi connectivity index (χ0) is 17.9. The molecule has 0 unspecified atom stereocenters. The molecule has 5 nitrogen and oxygen atoms in total. The van der Waals surface area contributed by atoms with Gasteiger partial charge in [0.1, 0.15) is 0 Å². The number of hydrogen-bond donors (Lipinski definition) is 0. The Labute approximate surface area is 147 Å². The van der Waals surface area contributed by atoms with E-state index in [1.165, 1.54) is 3.97 Å². The third-order valence-corrected chi connectivity index (χ3v) is 5.47. The number of rotatable bonds is 6. The van der Waals surface area contributed by atoms with Crippen LogP contribution in [0.5, 0.6) is 5.88 Å². The van der Waals surface area contributed by atoms with Crippen molar-refractivity contribution in [3.05, 3.63) is 79.3 Å². The number of pyridine rings is 1. The van der Waals surface area contributed by atoms with Crippen LogP contribution >= 0.6 is 0 Å². The van der Waals surface area contributed by atoms with Crippen molar-refractivity contribution in [2.45, 2.75) is 11.3 Å². The van der Waals surface area contributed by atoms with Crippen LogP contribution in [0.2, 0.25) is 0 Å². The molecule has 0 spiro atoms. The van der Waals surface area contributed by atoms with Gasteiger partial charge in [-0.1, -0.05) is 18.2 Å². The molecule has 3 rings (SSSR count). The van der Waals surface area contributed by atoms with E-state index in [-0.39, 0.29) is 4.90 Å². The van der Waals surface area contributed by atoms with E-state index in [0.29, 0.717) is 12.3 Å². The predicted molar refractivity (Wildman–Crippen MR) is 97.1 cm³/mol. The highest BCUT2D eigenvalue weighted by Crippen LogP contribution is 2.23. The quantitative estimate of drug-likeness (QED) is 0.636. The van der Waals surface area contributed by atoms with Crippen molar-refractivity contribution in [1.29, 1.82) is 0 Å². The summed E-state index contributed by atoms with van der Waals surface area (Å²) < 4.78 is 31.7. The van der Waals surface area contributed by atoms with Crippen molar-refractivity contribution < 1.29 is 13.2 Å². The third-order valence-electron chi connectivity index (χ3n) is 3.82. The number of methoxy groups -OCH3 is 1. The number of hydrogen-bond acceptors (Lipinski definition) is 4. The van der Waals surface area contributed by atoms with E-state index in [1.54, 1.807) is 68.2 Å². The Morgan fingerprint density at radius 3 is 2.44 bits per heavy atom. The Bertz CT molecular complexity index is 972. The second-order valence-corrected chi connectivity index (χ2v) is 7.30. The van der Waals surface area contributed by atoms with Crippen LogP contribution in [0.15, 0.2) is 78.6 Å². The van der Waals surface area contributed by atoms with Crippen molar-refractivity contribution in [2.75, 3.05) is 7.11 Å². The highest BCUT2D eigenvalue weighted by atomic mass is 32.2. The lowest BCUT2D eigenvalue weighted by molar-refractivity contribution is 0.398. The van der Waals surface area contributed by atoms with Crippen LogP contribution in [0.1, 0.15) is 5.56 Å². The van der Waals surface area contributed by atoms with Crippen LogP contribution in [0.25, 0.3) is 11.1 Å². The van der Waals surface area contributed by atoms with Crippen molar-refractivity contribution in [3.8, 4) is 17.0 Å². The van der Waals surface area contributed by atoms with Crippen molar-refractivity contribution in [2.24, 2.45) is 0 Å². The molecule has 2 heterocycles. The van der Waals surface area contributed by atoms with E-state index in [2.05, 4.69) is 11.6 Å². The first-order valence-corrected chi connectivity index (χ1v) is 9.12. The van der Waals surface area contributed by atoms with Crippen molar-refractivity contribution in [1.82, 2.24) is 8.96 Å². The van der Waals surface area contributed by atoms with Gasteiger partial charge in [-0.2, -0.15) is 0 Å². The van der Waals surface area contributed by atoms with Gasteiger partial charge in [0, 0.05) is 30.2 Å². The Morgan fingerprint density at radius 2 is 1.84 bits per heavy atom. The molecule has 128 valence electrons. The van der Waals surface area contributed by atoms with Gasteiger partial charge in [-0.15, -0.1) is 6.58 Å². The normalized spacial score (nSPS) is 11.2. The Kier molecular flexibility index (Phi) is 4.72. The predicted octanol–water partition coefficient (Wildman–Crippen LogP) is 3.52. The summed E-state index contributed by atoms with van der Waals surface area (Å²) in [5.41, 5.74) is 2.67. The molecule has 0 saturated carbocycles. The Morgan fingerprint density at radius 1 is 1.12 bits per heavy atom. The molecule has 0 bridgehead atoms. The van der Waals surface area contributed by atoms with Gasteiger partial charge in [0.15, 0.2) is 0 Å². The lowest BCUT2D eigenvalue weighted by Crippen LogP contribution is -2.10. The monoisotopic (exact) mass is 354 g/mol. The molecular weight excluding hydrogens is 336 g/mol. The van der Waals surface area contributed by atoms with E-state index in [1.807, 2.05) is 6.07 Å². The lowest BCUT2D eigenvalue weighted by atomic mass is 10.1. The fourth-order valence-corrected chi connectivity index (χ4v) is 3.69. The second-order valence-electron chi connectivity index (χ2n) is 5.46. The third kappa shape index (κ3) is 3.49. The maximum Gasteiger partial charge on any atom is 0.267 e. The molecule has 0 N–H and O–H groups in total. The van der Waals surface area contributed by atoms with E-state index >= 15 is 0 Å². The number of nitrogens with zero attached hydrogens (tertiary/aromatic N) is 2. The average Bonchev–Trinajstić information content (AvgIpc) is 3.12. The molecule has 0 aliphatic heterocycles. The van der Waals surface area contributed by atoms with E-state index in [0.717, 1.165) is 16.7 Å². The molecule has 3 aromatic rings. The molecule has 25 heavy (non-hydrogen) atoms. The number of ether oxygens (including phenoxy) is 1. The van der Waals surface area contributed by atoms with Crippen LogP contribution in [0.3, 0.4) is 0 Å². The molecule has 0 radical (unpaired) electrons. The van der Waals surface area contributed by atoms with Crippen LogP contribution in [-0.4, -0.2) is 24.5 Å². The summed E-state index contributed by atoms with van der Waals surface area (Å²) in [4.78, 5) is 4.39. The molecule has 1 aromatic carbocycles. The highest BCUT2D eigenvalue weighted by molar-refractivity contribution is 7.90. The Hall–Kier alpha value is -2.86. The van der Waals surface area contributed by atoms with E-state index in [9.17, 15) is 8.42 Å². The topological polar surface area (TPSA) is 61.2 Å². The van der Waals surface area contributed by atoms with E-state index in [4.69, 9.17) is 4.74 Å². The molecule has 0 saturated heterocycles. The van der Waals surface area contributed by atoms with Gasteiger partial charge in [-0.3, -0.25) is 0 Å². The smallest absolute Gasteiger partial charge is 0.267 e.